The Kier molecular flexibility index (Phi) is 4.99. The molecule has 0 spiro atoms. The van der Waals surface area contributed by atoms with Gasteiger partial charge in [-0.15, -0.1) is 0 Å². The molecule has 0 aliphatic carbocycles. The molecule has 1 saturated heterocycles. The van der Waals surface area contributed by atoms with Gasteiger partial charge >= 0.3 is 0 Å². The standard InChI is InChI=1S/C12H15NO.BrH/c14-12(10-13-8-4-5-9-13)11-6-2-1-3-7-11;/h1-3,6-7H,4-5,8-10H2;1H. The van der Waals surface area contributed by atoms with E-state index in [4.69, 9.17) is 0 Å². The summed E-state index contributed by atoms with van der Waals surface area (Å²) in [5.74, 6) is 0.280. The summed E-state index contributed by atoms with van der Waals surface area (Å²) in [5.41, 5.74) is 0.854. The lowest BCUT2D eigenvalue weighted by atomic mass is 10.1. The Labute approximate surface area is 101 Å². The first kappa shape index (κ1) is 12.4. The number of hydrogen-bond acceptors (Lipinski definition) is 1. The summed E-state index contributed by atoms with van der Waals surface area (Å²) >= 11 is 0. The molecule has 0 atom stereocenters. The Balaban J connectivity index is 0.00000112. The molecular weight excluding hydrogens is 254 g/mol. The van der Waals surface area contributed by atoms with Crippen molar-refractivity contribution < 1.29 is 26.7 Å². The van der Waals surface area contributed by atoms with Crippen LogP contribution in [0.1, 0.15) is 23.2 Å². The number of carbonyl (C=O) groups excluding carboxylic acids is 1. The molecule has 82 valence electrons. The van der Waals surface area contributed by atoms with Gasteiger partial charge in [-0.2, -0.15) is 0 Å². The molecule has 0 radical (unpaired) electrons. The minimum Gasteiger partial charge on any atom is -1.00 e. The van der Waals surface area contributed by atoms with Crippen molar-refractivity contribution in [3.05, 3.63) is 35.9 Å². The van der Waals surface area contributed by atoms with E-state index >= 15 is 0 Å². The minimum atomic E-state index is 0. The quantitative estimate of drug-likeness (QED) is 0.605. The van der Waals surface area contributed by atoms with Crippen molar-refractivity contribution >= 4 is 5.78 Å². The van der Waals surface area contributed by atoms with Crippen molar-refractivity contribution in [2.45, 2.75) is 12.8 Å². The molecule has 0 amide bonds. The molecular formula is C12H16BrNO. The zero-order valence-corrected chi connectivity index (χ0v) is 10.3. The zero-order valence-electron chi connectivity index (χ0n) is 8.71. The van der Waals surface area contributed by atoms with Crippen molar-refractivity contribution in [3.63, 3.8) is 0 Å². The van der Waals surface area contributed by atoms with Crippen molar-refractivity contribution in [2.24, 2.45) is 0 Å². The van der Waals surface area contributed by atoms with E-state index in [9.17, 15) is 4.79 Å². The van der Waals surface area contributed by atoms with Crippen LogP contribution in [0.4, 0.5) is 0 Å². The second kappa shape index (κ2) is 6.03. The number of quaternary nitrogens is 1. The third-order valence-corrected chi connectivity index (χ3v) is 2.82. The van der Waals surface area contributed by atoms with Crippen LogP contribution in [0.3, 0.4) is 0 Å². The van der Waals surface area contributed by atoms with Gasteiger partial charge < -0.3 is 21.9 Å². The average Bonchev–Trinajstić information content (AvgIpc) is 2.72. The first-order chi connectivity index (χ1) is 6.86. The molecule has 0 bridgehead atoms. The first-order valence-corrected chi connectivity index (χ1v) is 5.28. The third kappa shape index (κ3) is 3.43. The summed E-state index contributed by atoms with van der Waals surface area (Å²) in [7, 11) is 0. The Hall–Kier alpha value is -0.670. The number of halogens is 1. The fourth-order valence-corrected chi connectivity index (χ4v) is 2.00. The molecule has 15 heavy (non-hydrogen) atoms. The molecule has 0 saturated carbocycles. The fraction of sp³-hybridized carbons (Fsp3) is 0.417. The van der Waals surface area contributed by atoms with Crippen LogP contribution in [0, 0.1) is 0 Å². The topological polar surface area (TPSA) is 21.5 Å². The number of carbonyl (C=O) groups is 1. The summed E-state index contributed by atoms with van der Waals surface area (Å²) < 4.78 is 0. The van der Waals surface area contributed by atoms with Gasteiger partial charge in [-0.25, -0.2) is 0 Å². The lowest BCUT2D eigenvalue weighted by molar-refractivity contribution is -0.878. The maximum absolute atomic E-state index is 11.8. The van der Waals surface area contributed by atoms with E-state index in [0.29, 0.717) is 6.54 Å². The van der Waals surface area contributed by atoms with Gasteiger partial charge in [0.1, 0.15) is 6.54 Å². The molecule has 0 unspecified atom stereocenters. The lowest BCUT2D eigenvalue weighted by Crippen LogP contribution is -3.10. The van der Waals surface area contributed by atoms with Gasteiger partial charge in [0, 0.05) is 18.4 Å². The van der Waals surface area contributed by atoms with Crippen molar-refractivity contribution in [1.29, 1.82) is 0 Å². The minimum absolute atomic E-state index is 0. The SMILES string of the molecule is O=C(C[NH+]1CCCC1)c1ccccc1.[Br-]. The van der Waals surface area contributed by atoms with E-state index < -0.39 is 0 Å². The number of ketones is 1. The number of likely N-dealkylation sites (tertiary alicyclic amines) is 1. The van der Waals surface area contributed by atoms with Crippen LogP contribution in [0.5, 0.6) is 0 Å². The molecule has 1 aromatic rings. The highest BCUT2D eigenvalue weighted by atomic mass is 79.9. The second-order valence-electron chi connectivity index (χ2n) is 3.92. The number of benzene rings is 1. The molecule has 1 heterocycles. The van der Waals surface area contributed by atoms with Crippen LogP contribution >= 0.6 is 0 Å². The monoisotopic (exact) mass is 269 g/mol. The number of Topliss-reactive ketones (excluding diaryl/α,β-unsaturated/α-hetero) is 1. The Morgan fingerprint density at radius 3 is 2.33 bits per heavy atom. The van der Waals surface area contributed by atoms with Crippen molar-refractivity contribution in [3.8, 4) is 0 Å². The predicted molar refractivity (Wildman–Crippen MR) is 55.6 cm³/mol. The van der Waals surface area contributed by atoms with Gasteiger partial charge in [0.2, 0.25) is 5.78 Å². The summed E-state index contributed by atoms with van der Waals surface area (Å²) in [5, 5.41) is 0. The van der Waals surface area contributed by atoms with Crippen LogP contribution in [0.15, 0.2) is 30.3 Å². The summed E-state index contributed by atoms with van der Waals surface area (Å²) in [6.07, 6.45) is 2.55. The molecule has 1 aliphatic heterocycles. The van der Waals surface area contributed by atoms with E-state index in [1.807, 2.05) is 30.3 Å². The van der Waals surface area contributed by atoms with Crippen LogP contribution in [-0.4, -0.2) is 25.4 Å². The molecule has 1 aliphatic rings. The van der Waals surface area contributed by atoms with Crippen LogP contribution < -0.4 is 21.9 Å². The summed E-state index contributed by atoms with van der Waals surface area (Å²) in [4.78, 5) is 13.2. The normalized spacial score (nSPS) is 16.0. The van der Waals surface area contributed by atoms with Gasteiger partial charge in [-0.1, -0.05) is 30.3 Å². The van der Waals surface area contributed by atoms with Crippen molar-refractivity contribution in [1.82, 2.24) is 0 Å². The van der Waals surface area contributed by atoms with Gasteiger partial charge in [0.25, 0.3) is 0 Å². The van der Waals surface area contributed by atoms with Gasteiger partial charge in [-0.05, 0) is 0 Å². The zero-order chi connectivity index (χ0) is 9.80. The predicted octanol–water partition coefficient (Wildman–Crippen LogP) is -2.45. The molecule has 2 rings (SSSR count). The van der Waals surface area contributed by atoms with E-state index in [2.05, 4.69) is 0 Å². The highest BCUT2D eigenvalue weighted by Crippen LogP contribution is 1.98. The van der Waals surface area contributed by atoms with Crippen LogP contribution in [0.25, 0.3) is 0 Å². The van der Waals surface area contributed by atoms with Crippen LogP contribution in [-0.2, 0) is 0 Å². The molecule has 3 heteroatoms. The average molecular weight is 270 g/mol. The Morgan fingerprint density at radius 1 is 1.13 bits per heavy atom. The van der Waals surface area contributed by atoms with E-state index in [0.717, 1.165) is 5.56 Å². The fourth-order valence-electron chi connectivity index (χ4n) is 2.00. The number of rotatable bonds is 3. The molecule has 1 fully saturated rings. The number of hydrogen-bond donors (Lipinski definition) is 1. The largest absolute Gasteiger partial charge is 1.00 e. The third-order valence-electron chi connectivity index (χ3n) is 2.82. The van der Waals surface area contributed by atoms with Gasteiger partial charge in [0.15, 0.2) is 0 Å². The van der Waals surface area contributed by atoms with E-state index in [1.54, 1.807) is 0 Å². The molecule has 1 N–H and O–H groups in total. The van der Waals surface area contributed by atoms with E-state index in [1.165, 1.54) is 30.8 Å². The highest BCUT2D eigenvalue weighted by Gasteiger charge is 2.19. The smallest absolute Gasteiger partial charge is 0.216 e. The summed E-state index contributed by atoms with van der Waals surface area (Å²) in [6.45, 7) is 3.00. The van der Waals surface area contributed by atoms with Gasteiger partial charge in [-0.3, -0.25) is 4.79 Å². The second-order valence-corrected chi connectivity index (χ2v) is 3.92. The van der Waals surface area contributed by atoms with Gasteiger partial charge in [0.05, 0.1) is 13.1 Å². The molecule has 2 nitrogen and oxygen atoms in total. The lowest BCUT2D eigenvalue weighted by Gasteiger charge is -2.10. The Bertz CT molecular complexity index is 307. The molecule has 0 aromatic heterocycles. The maximum atomic E-state index is 11.8. The first-order valence-electron chi connectivity index (χ1n) is 5.28. The summed E-state index contributed by atoms with van der Waals surface area (Å²) in [6, 6.07) is 9.59. The maximum Gasteiger partial charge on any atom is 0.216 e. The van der Waals surface area contributed by atoms with Crippen molar-refractivity contribution in [2.75, 3.05) is 19.6 Å². The highest BCUT2D eigenvalue weighted by molar-refractivity contribution is 5.96. The molecule has 1 aromatic carbocycles. The van der Waals surface area contributed by atoms with Crippen LogP contribution in [0.2, 0.25) is 0 Å². The Morgan fingerprint density at radius 2 is 1.73 bits per heavy atom. The van der Waals surface area contributed by atoms with E-state index in [-0.39, 0.29) is 22.8 Å². The number of nitrogens with one attached hydrogen (secondary N) is 1.